The van der Waals surface area contributed by atoms with Crippen LogP contribution in [0.15, 0.2) is 17.7 Å². The Bertz CT molecular complexity index is 607. The fraction of sp³-hybridized carbons (Fsp3) is 0.333. The first-order chi connectivity index (χ1) is 9.84. The van der Waals surface area contributed by atoms with Crippen molar-refractivity contribution in [3.8, 4) is 0 Å². The van der Waals surface area contributed by atoms with E-state index in [-0.39, 0.29) is 12.7 Å². The maximum Gasteiger partial charge on any atom is 0.341 e. The molecule has 1 rings (SSSR count). The van der Waals surface area contributed by atoms with Gasteiger partial charge >= 0.3 is 5.97 Å². The van der Waals surface area contributed by atoms with Crippen LogP contribution >= 0.6 is 0 Å². The molecular formula is C15H15F3O3. The number of hydrogen-bond donors (Lipinski definition) is 0. The van der Waals surface area contributed by atoms with E-state index in [0.717, 1.165) is 6.92 Å². The Hall–Kier alpha value is -2.11. The number of benzene rings is 1. The SMILES string of the molecule is CCC=C(C(=O)OCC)C(=O)c1c(F)cc(F)c(F)c1C. The van der Waals surface area contributed by atoms with Crippen molar-refractivity contribution in [3.05, 3.63) is 46.3 Å². The smallest absolute Gasteiger partial charge is 0.341 e. The van der Waals surface area contributed by atoms with E-state index in [2.05, 4.69) is 0 Å². The second kappa shape index (κ2) is 7.06. The molecule has 0 aromatic heterocycles. The molecule has 0 radical (unpaired) electrons. The van der Waals surface area contributed by atoms with Gasteiger partial charge in [-0.15, -0.1) is 0 Å². The second-order valence-corrected chi connectivity index (χ2v) is 4.23. The first-order valence-corrected chi connectivity index (χ1v) is 6.41. The summed E-state index contributed by atoms with van der Waals surface area (Å²) in [5.41, 5.74) is -1.54. The highest BCUT2D eigenvalue weighted by molar-refractivity contribution is 6.24. The molecule has 0 atom stereocenters. The molecule has 1 aromatic rings. The van der Waals surface area contributed by atoms with Crippen molar-refractivity contribution in [2.24, 2.45) is 0 Å². The van der Waals surface area contributed by atoms with Crippen molar-refractivity contribution < 1.29 is 27.5 Å². The Kier molecular flexibility index (Phi) is 5.69. The molecule has 3 nitrogen and oxygen atoms in total. The number of Topliss-reactive ketones (excluding diaryl/α,β-unsaturated/α-hetero) is 1. The van der Waals surface area contributed by atoms with Gasteiger partial charge in [0, 0.05) is 11.6 Å². The third kappa shape index (κ3) is 3.51. The molecular weight excluding hydrogens is 285 g/mol. The molecule has 0 N–H and O–H groups in total. The summed E-state index contributed by atoms with van der Waals surface area (Å²) in [7, 11) is 0. The molecule has 0 amide bonds. The highest BCUT2D eigenvalue weighted by Gasteiger charge is 2.27. The summed E-state index contributed by atoms with van der Waals surface area (Å²) in [6, 6.07) is 0.282. The van der Waals surface area contributed by atoms with Gasteiger partial charge in [0.1, 0.15) is 11.4 Å². The lowest BCUT2D eigenvalue weighted by Gasteiger charge is -2.10. The molecule has 0 unspecified atom stereocenters. The lowest BCUT2D eigenvalue weighted by molar-refractivity contribution is -0.138. The Morgan fingerprint density at radius 2 is 1.81 bits per heavy atom. The zero-order valence-electron chi connectivity index (χ0n) is 11.9. The predicted molar refractivity (Wildman–Crippen MR) is 70.4 cm³/mol. The minimum Gasteiger partial charge on any atom is -0.462 e. The standard InChI is InChI=1S/C15H15F3O3/c1-4-6-9(15(20)21-5-2)14(19)12-8(3)13(18)11(17)7-10(12)16/h6-7H,4-5H2,1-3H3. The maximum atomic E-state index is 13.8. The van der Waals surface area contributed by atoms with Gasteiger partial charge in [-0.25, -0.2) is 18.0 Å². The lowest BCUT2D eigenvalue weighted by atomic mass is 9.97. The van der Waals surface area contributed by atoms with E-state index in [9.17, 15) is 22.8 Å². The summed E-state index contributed by atoms with van der Waals surface area (Å²) in [6.07, 6.45) is 1.59. The van der Waals surface area contributed by atoms with Crippen LogP contribution in [0.2, 0.25) is 0 Å². The van der Waals surface area contributed by atoms with Crippen molar-refractivity contribution in [3.63, 3.8) is 0 Å². The molecule has 0 saturated carbocycles. The summed E-state index contributed by atoms with van der Waals surface area (Å²) in [5, 5.41) is 0. The van der Waals surface area contributed by atoms with Crippen molar-refractivity contribution in [1.29, 1.82) is 0 Å². The molecule has 114 valence electrons. The fourth-order valence-electron chi connectivity index (χ4n) is 1.81. The van der Waals surface area contributed by atoms with Gasteiger partial charge in [0.2, 0.25) is 5.78 Å². The van der Waals surface area contributed by atoms with Gasteiger partial charge in [-0.3, -0.25) is 4.79 Å². The number of esters is 1. The number of allylic oxidation sites excluding steroid dienone is 1. The molecule has 0 spiro atoms. The molecule has 21 heavy (non-hydrogen) atoms. The van der Waals surface area contributed by atoms with Crippen LogP contribution in [0.25, 0.3) is 0 Å². The molecule has 0 heterocycles. The highest BCUT2D eigenvalue weighted by Crippen LogP contribution is 2.23. The van der Waals surface area contributed by atoms with Crippen LogP contribution < -0.4 is 0 Å². The Morgan fingerprint density at radius 3 is 2.33 bits per heavy atom. The Morgan fingerprint density at radius 1 is 1.19 bits per heavy atom. The summed E-state index contributed by atoms with van der Waals surface area (Å²) >= 11 is 0. The van der Waals surface area contributed by atoms with Gasteiger partial charge in [-0.1, -0.05) is 13.0 Å². The molecule has 0 fully saturated rings. The summed E-state index contributed by atoms with van der Waals surface area (Å²) in [5.74, 6) is -5.88. The molecule has 0 saturated heterocycles. The van der Waals surface area contributed by atoms with Crippen molar-refractivity contribution in [2.75, 3.05) is 6.61 Å². The van der Waals surface area contributed by atoms with Crippen molar-refractivity contribution in [1.82, 2.24) is 0 Å². The molecule has 1 aromatic carbocycles. The van der Waals surface area contributed by atoms with Crippen LogP contribution in [0.5, 0.6) is 0 Å². The van der Waals surface area contributed by atoms with E-state index in [1.54, 1.807) is 13.8 Å². The summed E-state index contributed by atoms with van der Waals surface area (Å²) < 4.78 is 45.1. The summed E-state index contributed by atoms with van der Waals surface area (Å²) in [4.78, 5) is 24.0. The normalized spacial score (nSPS) is 11.4. The number of ketones is 1. The Labute approximate surface area is 120 Å². The average molecular weight is 300 g/mol. The number of carbonyl (C=O) groups excluding carboxylic acids is 2. The van der Waals surface area contributed by atoms with E-state index < -0.39 is 45.9 Å². The lowest BCUT2D eigenvalue weighted by Crippen LogP contribution is -2.19. The van der Waals surface area contributed by atoms with Crippen LogP contribution in [0.4, 0.5) is 13.2 Å². The van der Waals surface area contributed by atoms with E-state index in [4.69, 9.17) is 4.74 Å². The predicted octanol–water partition coefficient (Wildman–Crippen LogP) is 3.49. The third-order valence-electron chi connectivity index (χ3n) is 2.78. The van der Waals surface area contributed by atoms with Gasteiger partial charge < -0.3 is 4.74 Å². The first-order valence-electron chi connectivity index (χ1n) is 6.41. The number of hydrogen-bond acceptors (Lipinski definition) is 3. The quantitative estimate of drug-likeness (QED) is 0.209. The molecule has 0 bridgehead atoms. The first kappa shape index (κ1) is 16.9. The van der Waals surface area contributed by atoms with Gasteiger partial charge in [0.25, 0.3) is 0 Å². The monoisotopic (exact) mass is 300 g/mol. The topological polar surface area (TPSA) is 43.4 Å². The minimum absolute atomic E-state index is 0.0341. The number of ether oxygens (including phenoxy) is 1. The van der Waals surface area contributed by atoms with Crippen LogP contribution in [0, 0.1) is 24.4 Å². The zero-order valence-corrected chi connectivity index (χ0v) is 11.9. The van der Waals surface area contributed by atoms with Crippen LogP contribution in [-0.4, -0.2) is 18.4 Å². The number of carbonyl (C=O) groups is 2. The third-order valence-corrected chi connectivity index (χ3v) is 2.78. The summed E-state index contributed by atoms with van der Waals surface area (Å²) in [6.45, 7) is 4.33. The number of rotatable bonds is 5. The van der Waals surface area contributed by atoms with Gasteiger partial charge in [-0.2, -0.15) is 0 Å². The zero-order chi connectivity index (χ0) is 16.2. The van der Waals surface area contributed by atoms with Crippen LogP contribution in [-0.2, 0) is 9.53 Å². The maximum absolute atomic E-state index is 13.8. The van der Waals surface area contributed by atoms with E-state index in [1.807, 2.05) is 0 Å². The van der Waals surface area contributed by atoms with Crippen LogP contribution in [0.3, 0.4) is 0 Å². The van der Waals surface area contributed by atoms with E-state index in [1.165, 1.54) is 6.08 Å². The van der Waals surface area contributed by atoms with E-state index in [0.29, 0.717) is 6.42 Å². The van der Waals surface area contributed by atoms with E-state index >= 15 is 0 Å². The largest absolute Gasteiger partial charge is 0.462 e. The fourth-order valence-corrected chi connectivity index (χ4v) is 1.81. The molecule has 0 aliphatic rings. The molecule has 6 heteroatoms. The average Bonchev–Trinajstić information content (AvgIpc) is 2.42. The van der Waals surface area contributed by atoms with Gasteiger partial charge in [-0.05, 0) is 20.3 Å². The van der Waals surface area contributed by atoms with Gasteiger partial charge in [0.15, 0.2) is 11.6 Å². The molecule has 0 aliphatic heterocycles. The number of halogens is 3. The second-order valence-electron chi connectivity index (χ2n) is 4.23. The van der Waals surface area contributed by atoms with Crippen LogP contribution in [0.1, 0.15) is 36.2 Å². The minimum atomic E-state index is -1.39. The highest BCUT2D eigenvalue weighted by atomic mass is 19.2. The van der Waals surface area contributed by atoms with Gasteiger partial charge in [0.05, 0.1) is 12.2 Å². The van der Waals surface area contributed by atoms with Crippen molar-refractivity contribution >= 4 is 11.8 Å². The Balaban J connectivity index is 3.38. The van der Waals surface area contributed by atoms with Crippen molar-refractivity contribution in [2.45, 2.75) is 27.2 Å². The molecule has 0 aliphatic carbocycles.